The molecule has 0 bridgehead atoms. The number of aryl methyl sites for hydroxylation is 1. The Morgan fingerprint density at radius 3 is 2.53 bits per heavy atom. The van der Waals surface area contributed by atoms with Gasteiger partial charge in [0, 0.05) is 13.1 Å². The van der Waals surface area contributed by atoms with E-state index in [2.05, 4.69) is 4.72 Å². The van der Waals surface area contributed by atoms with Crippen LogP contribution in [0.1, 0.15) is 18.9 Å². The van der Waals surface area contributed by atoms with Crippen molar-refractivity contribution in [3.05, 3.63) is 29.8 Å². The molecule has 0 saturated carbocycles. The first-order valence-corrected chi connectivity index (χ1v) is 7.37. The van der Waals surface area contributed by atoms with E-state index in [1.165, 1.54) is 0 Å². The molecule has 0 fully saturated rings. The quantitative estimate of drug-likeness (QED) is 0.786. The Hall–Kier alpha value is -1.60. The molecule has 1 rings (SSSR count). The molecule has 0 aliphatic heterocycles. The Kier molecular flexibility index (Phi) is 5.31. The summed E-state index contributed by atoms with van der Waals surface area (Å²) in [5.41, 5.74) is 1.26. The van der Waals surface area contributed by atoms with Gasteiger partial charge in [-0.25, -0.2) is 0 Å². The summed E-state index contributed by atoms with van der Waals surface area (Å²) in [5, 5.41) is 8.73. The van der Waals surface area contributed by atoms with Crippen molar-refractivity contribution in [1.29, 1.82) is 0 Å². The molecule has 0 amide bonds. The van der Waals surface area contributed by atoms with Crippen molar-refractivity contribution in [2.45, 2.75) is 20.3 Å². The molecule has 0 radical (unpaired) electrons. The fourth-order valence-corrected chi connectivity index (χ4v) is 2.99. The molecule has 1 aromatic rings. The largest absolute Gasteiger partial charge is 0.481 e. The number of nitrogens with one attached hydrogen (secondary N) is 1. The van der Waals surface area contributed by atoms with Crippen LogP contribution >= 0.6 is 0 Å². The van der Waals surface area contributed by atoms with E-state index in [9.17, 15) is 13.2 Å². The van der Waals surface area contributed by atoms with Crippen molar-refractivity contribution in [3.8, 4) is 0 Å². The van der Waals surface area contributed by atoms with Crippen molar-refractivity contribution < 1.29 is 18.3 Å². The lowest BCUT2D eigenvalue weighted by Crippen LogP contribution is -2.42. The van der Waals surface area contributed by atoms with Gasteiger partial charge in [0.1, 0.15) is 0 Å². The van der Waals surface area contributed by atoms with E-state index < -0.39 is 16.2 Å². The molecular weight excluding hydrogens is 268 g/mol. The standard InChI is InChI=1S/C12H18N2O4S/c1-3-13-19(17,18)14(9-8-12(15)16)11-7-5-4-6-10(11)2/h4-7,13H,3,8-9H2,1-2H3,(H,15,16). The van der Waals surface area contributed by atoms with Crippen LogP contribution in [0.15, 0.2) is 24.3 Å². The average Bonchev–Trinajstić information content (AvgIpc) is 2.30. The second-order valence-corrected chi connectivity index (χ2v) is 5.68. The maximum atomic E-state index is 12.1. The van der Waals surface area contributed by atoms with E-state index in [1.807, 2.05) is 0 Å². The van der Waals surface area contributed by atoms with Gasteiger partial charge < -0.3 is 5.11 Å². The summed E-state index contributed by atoms with van der Waals surface area (Å²) >= 11 is 0. The lowest BCUT2D eigenvalue weighted by Gasteiger charge is -2.25. The van der Waals surface area contributed by atoms with Gasteiger partial charge in [-0.1, -0.05) is 25.1 Å². The van der Waals surface area contributed by atoms with Crippen LogP contribution in [0.2, 0.25) is 0 Å². The Morgan fingerprint density at radius 1 is 1.37 bits per heavy atom. The molecule has 0 aliphatic carbocycles. The van der Waals surface area contributed by atoms with Crippen LogP contribution in [-0.4, -0.2) is 32.6 Å². The van der Waals surface area contributed by atoms with Crippen LogP contribution in [0.3, 0.4) is 0 Å². The molecule has 0 saturated heterocycles. The smallest absolute Gasteiger partial charge is 0.305 e. The highest BCUT2D eigenvalue weighted by Crippen LogP contribution is 2.22. The number of para-hydroxylation sites is 1. The number of benzene rings is 1. The van der Waals surface area contributed by atoms with Crippen LogP contribution in [0.25, 0.3) is 0 Å². The first kappa shape index (κ1) is 15.5. The van der Waals surface area contributed by atoms with Gasteiger partial charge in [0.2, 0.25) is 0 Å². The van der Waals surface area contributed by atoms with Gasteiger partial charge in [-0.05, 0) is 18.6 Å². The Balaban J connectivity index is 3.13. The molecule has 0 aliphatic rings. The maximum absolute atomic E-state index is 12.1. The average molecular weight is 286 g/mol. The van der Waals surface area contributed by atoms with E-state index in [1.54, 1.807) is 38.1 Å². The summed E-state index contributed by atoms with van der Waals surface area (Å²) in [7, 11) is -3.72. The zero-order valence-electron chi connectivity index (χ0n) is 11.0. The summed E-state index contributed by atoms with van der Waals surface area (Å²) in [6, 6.07) is 6.96. The van der Waals surface area contributed by atoms with Crippen LogP contribution in [0, 0.1) is 6.92 Å². The number of hydrogen-bond donors (Lipinski definition) is 2. The topological polar surface area (TPSA) is 86.7 Å². The van der Waals surface area contributed by atoms with Crippen LogP contribution < -0.4 is 9.03 Å². The van der Waals surface area contributed by atoms with Gasteiger partial charge in [-0.3, -0.25) is 9.10 Å². The molecule has 2 N–H and O–H groups in total. The van der Waals surface area contributed by atoms with Gasteiger partial charge >= 0.3 is 16.2 Å². The van der Waals surface area contributed by atoms with E-state index >= 15 is 0 Å². The van der Waals surface area contributed by atoms with Gasteiger partial charge in [0.15, 0.2) is 0 Å². The Labute approximate surface area is 113 Å². The van der Waals surface area contributed by atoms with Crippen LogP contribution in [-0.2, 0) is 15.0 Å². The van der Waals surface area contributed by atoms with E-state index in [4.69, 9.17) is 5.11 Å². The fraction of sp³-hybridized carbons (Fsp3) is 0.417. The number of aliphatic carboxylic acids is 1. The minimum atomic E-state index is -3.72. The van der Waals surface area contributed by atoms with Crippen molar-refractivity contribution in [2.75, 3.05) is 17.4 Å². The van der Waals surface area contributed by atoms with Crippen molar-refractivity contribution in [1.82, 2.24) is 4.72 Å². The molecule has 106 valence electrons. The maximum Gasteiger partial charge on any atom is 0.305 e. The second kappa shape index (κ2) is 6.53. The van der Waals surface area contributed by atoms with Gasteiger partial charge in [0.05, 0.1) is 12.1 Å². The molecular formula is C12H18N2O4S. The first-order valence-electron chi connectivity index (χ1n) is 5.93. The number of anilines is 1. The molecule has 1 aromatic carbocycles. The number of rotatable bonds is 7. The molecule has 0 aromatic heterocycles. The van der Waals surface area contributed by atoms with E-state index in [0.29, 0.717) is 5.69 Å². The zero-order chi connectivity index (χ0) is 14.5. The predicted octanol–water partition coefficient (Wildman–Crippen LogP) is 1.13. The third-order valence-corrected chi connectivity index (χ3v) is 4.14. The number of hydrogen-bond acceptors (Lipinski definition) is 3. The third kappa shape index (κ3) is 4.22. The molecule has 0 unspecified atom stereocenters. The predicted molar refractivity (Wildman–Crippen MR) is 73.4 cm³/mol. The SMILES string of the molecule is CCNS(=O)(=O)N(CCC(=O)O)c1ccccc1C. The van der Waals surface area contributed by atoms with Gasteiger partial charge in [-0.15, -0.1) is 0 Å². The van der Waals surface area contributed by atoms with E-state index in [-0.39, 0.29) is 19.5 Å². The lowest BCUT2D eigenvalue weighted by atomic mass is 10.2. The molecule has 0 atom stereocenters. The van der Waals surface area contributed by atoms with Crippen molar-refractivity contribution in [2.24, 2.45) is 0 Å². The molecule has 0 heterocycles. The van der Waals surface area contributed by atoms with E-state index in [0.717, 1.165) is 9.87 Å². The number of carboxylic acids is 1. The summed E-state index contributed by atoms with van der Waals surface area (Å²) in [4.78, 5) is 10.7. The highest BCUT2D eigenvalue weighted by atomic mass is 32.2. The highest BCUT2D eigenvalue weighted by Gasteiger charge is 2.23. The monoisotopic (exact) mass is 286 g/mol. The zero-order valence-corrected chi connectivity index (χ0v) is 11.8. The number of carbonyl (C=O) groups is 1. The summed E-state index contributed by atoms with van der Waals surface area (Å²) in [6.07, 6.45) is -0.251. The molecule has 0 spiro atoms. The third-order valence-electron chi connectivity index (χ3n) is 2.53. The number of nitrogens with zero attached hydrogens (tertiary/aromatic N) is 1. The normalized spacial score (nSPS) is 11.3. The fourth-order valence-electron chi connectivity index (χ4n) is 1.67. The molecule has 6 nitrogen and oxygen atoms in total. The lowest BCUT2D eigenvalue weighted by molar-refractivity contribution is -0.136. The van der Waals surface area contributed by atoms with Crippen LogP contribution in [0.5, 0.6) is 0 Å². The number of carboxylic acid groups (broad SMARTS) is 1. The first-order chi connectivity index (χ1) is 8.88. The van der Waals surface area contributed by atoms with Gasteiger partial charge in [-0.2, -0.15) is 13.1 Å². The Bertz CT molecular complexity index is 542. The van der Waals surface area contributed by atoms with Gasteiger partial charge in [0.25, 0.3) is 0 Å². The molecule has 7 heteroatoms. The Morgan fingerprint density at radius 2 is 2.00 bits per heavy atom. The summed E-state index contributed by atoms with van der Waals surface area (Å²) < 4.78 is 27.7. The minimum absolute atomic E-state index is 0.102. The second-order valence-electron chi connectivity index (χ2n) is 4.01. The molecule has 19 heavy (non-hydrogen) atoms. The minimum Gasteiger partial charge on any atom is -0.481 e. The summed E-state index contributed by atoms with van der Waals surface area (Å²) in [6.45, 7) is 3.60. The summed E-state index contributed by atoms with van der Waals surface area (Å²) in [5.74, 6) is -1.04. The van der Waals surface area contributed by atoms with Crippen LogP contribution in [0.4, 0.5) is 5.69 Å². The van der Waals surface area contributed by atoms with Crippen molar-refractivity contribution in [3.63, 3.8) is 0 Å². The van der Waals surface area contributed by atoms with Crippen molar-refractivity contribution >= 4 is 21.9 Å². The highest BCUT2D eigenvalue weighted by molar-refractivity contribution is 7.90.